The van der Waals surface area contributed by atoms with Gasteiger partial charge in [0.25, 0.3) is 5.91 Å². The highest BCUT2D eigenvalue weighted by atomic mass is 35.5. The lowest BCUT2D eigenvalue weighted by atomic mass is 9.96. The minimum atomic E-state index is -0.542. The maximum atomic E-state index is 13.5. The van der Waals surface area contributed by atoms with E-state index in [0.717, 1.165) is 36.2 Å². The second-order valence-corrected chi connectivity index (χ2v) is 9.53. The van der Waals surface area contributed by atoms with Gasteiger partial charge in [0, 0.05) is 45.3 Å². The summed E-state index contributed by atoms with van der Waals surface area (Å²) in [5, 5.41) is 1.03. The third kappa shape index (κ3) is 4.32. The third-order valence-electron chi connectivity index (χ3n) is 6.60. The van der Waals surface area contributed by atoms with Gasteiger partial charge in [-0.15, -0.1) is 0 Å². The molecule has 9 nitrogen and oxygen atoms in total. The van der Waals surface area contributed by atoms with Crippen LogP contribution in [0.1, 0.15) is 29.0 Å². The Morgan fingerprint density at radius 3 is 2.69 bits per heavy atom. The fourth-order valence-electron chi connectivity index (χ4n) is 4.70. The molecule has 1 saturated heterocycles. The van der Waals surface area contributed by atoms with Crippen LogP contribution in [0.25, 0.3) is 21.9 Å². The molecule has 1 aliphatic rings. The van der Waals surface area contributed by atoms with E-state index in [9.17, 15) is 9.59 Å². The number of nitrogens with zero attached hydrogens (tertiary/aromatic N) is 6. The van der Waals surface area contributed by atoms with Crippen molar-refractivity contribution in [2.45, 2.75) is 26.3 Å². The molecular weight excluding hydrogens is 468 g/mol. The van der Waals surface area contributed by atoms with Gasteiger partial charge in [-0.25, -0.2) is 9.78 Å². The number of amides is 2. The van der Waals surface area contributed by atoms with Crippen LogP contribution >= 0.6 is 11.6 Å². The summed E-state index contributed by atoms with van der Waals surface area (Å²) in [5.41, 5.74) is 2.99. The van der Waals surface area contributed by atoms with Crippen LogP contribution in [-0.4, -0.2) is 68.3 Å². The summed E-state index contributed by atoms with van der Waals surface area (Å²) in [5.74, 6) is 1.30. The average Bonchev–Trinajstić information content (AvgIpc) is 3.37. The zero-order valence-electron chi connectivity index (χ0n) is 19.9. The first kappa shape index (κ1) is 23.2. The number of likely N-dealkylation sites (tertiary alicyclic amines) is 1. The van der Waals surface area contributed by atoms with E-state index >= 15 is 0 Å². The Bertz CT molecular complexity index is 1420. The van der Waals surface area contributed by atoms with Gasteiger partial charge in [0.15, 0.2) is 0 Å². The molecule has 35 heavy (non-hydrogen) atoms. The van der Waals surface area contributed by atoms with E-state index in [-0.39, 0.29) is 5.91 Å². The monoisotopic (exact) mass is 494 g/mol. The fourth-order valence-corrected chi connectivity index (χ4v) is 4.97. The number of aryl methyl sites for hydroxylation is 1. The zero-order valence-corrected chi connectivity index (χ0v) is 20.7. The second kappa shape index (κ2) is 9.22. The number of carbonyl (C=O) groups is 2. The maximum Gasteiger partial charge on any atom is 0.434 e. The Balaban J connectivity index is 1.33. The minimum absolute atomic E-state index is 0.114. The van der Waals surface area contributed by atoms with Crippen LogP contribution in [0.4, 0.5) is 4.79 Å². The molecule has 182 valence electrons. The molecule has 5 rings (SSSR count). The molecule has 0 unspecified atom stereocenters. The van der Waals surface area contributed by atoms with Gasteiger partial charge in [0.1, 0.15) is 11.3 Å². The first-order chi connectivity index (χ1) is 16.8. The normalized spacial score (nSPS) is 14.6. The molecule has 3 aromatic heterocycles. The SMILES string of the molecule is Cc1nc2cnccc2n1CC1CCN(C(=O)c2cn(OC(=O)N(C)C)c3cccc(Cl)c23)CC1. The van der Waals surface area contributed by atoms with E-state index in [1.165, 1.54) is 9.63 Å². The molecule has 1 fully saturated rings. The first-order valence-electron chi connectivity index (χ1n) is 11.6. The van der Waals surface area contributed by atoms with E-state index in [1.54, 1.807) is 50.9 Å². The van der Waals surface area contributed by atoms with Crippen LogP contribution in [-0.2, 0) is 6.54 Å². The lowest BCUT2D eigenvalue weighted by molar-refractivity contribution is 0.0681. The van der Waals surface area contributed by atoms with Gasteiger partial charge in [-0.2, -0.15) is 4.73 Å². The van der Waals surface area contributed by atoms with Crippen molar-refractivity contribution in [2.75, 3.05) is 27.2 Å². The lowest BCUT2D eigenvalue weighted by Crippen LogP contribution is -2.39. The highest BCUT2D eigenvalue weighted by Gasteiger charge is 2.28. The Hall–Kier alpha value is -3.59. The molecule has 0 saturated carbocycles. The number of imidazole rings is 1. The van der Waals surface area contributed by atoms with Gasteiger partial charge in [-0.05, 0) is 43.9 Å². The number of piperidine rings is 1. The smallest absolute Gasteiger partial charge is 0.339 e. The van der Waals surface area contributed by atoms with Crippen LogP contribution < -0.4 is 4.84 Å². The molecule has 0 aliphatic carbocycles. The van der Waals surface area contributed by atoms with Gasteiger partial charge in [-0.3, -0.25) is 9.78 Å². The number of hydrogen-bond donors (Lipinski definition) is 0. The summed E-state index contributed by atoms with van der Waals surface area (Å²) < 4.78 is 3.57. The maximum absolute atomic E-state index is 13.5. The number of halogens is 1. The summed E-state index contributed by atoms with van der Waals surface area (Å²) >= 11 is 6.47. The van der Waals surface area contributed by atoms with Gasteiger partial charge >= 0.3 is 6.09 Å². The van der Waals surface area contributed by atoms with Crippen molar-refractivity contribution in [1.82, 2.24) is 29.1 Å². The third-order valence-corrected chi connectivity index (χ3v) is 6.92. The number of rotatable bonds is 4. The zero-order chi connectivity index (χ0) is 24.7. The molecule has 10 heteroatoms. The number of fused-ring (bicyclic) bond motifs is 2. The number of benzene rings is 1. The van der Waals surface area contributed by atoms with Crippen molar-refractivity contribution in [2.24, 2.45) is 5.92 Å². The highest BCUT2D eigenvalue weighted by molar-refractivity contribution is 6.36. The summed E-state index contributed by atoms with van der Waals surface area (Å²) in [7, 11) is 3.20. The van der Waals surface area contributed by atoms with Gasteiger partial charge in [0.05, 0.1) is 34.0 Å². The molecule has 0 radical (unpaired) electrons. The largest absolute Gasteiger partial charge is 0.434 e. The van der Waals surface area contributed by atoms with Gasteiger partial charge in [0.2, 0.25) is 0 Å². The predicted molar refractivity (Wildman–Crippen MR) is 134 cm³/mol. The molecule has 4 heterocycles. The number of carbonyl (C=O) groups excluding carboxylic acids is 2. The summed E-state index contributed by atoms with van der Waals surface area (Å²) in [4.78, 5) is 43.1. The van der Waals surface area contributed by atoms with E-state index in [4.69, 9.17) is 16.4 Å². The Kier molecular flexibility index (Phi) is 6.10. The van der Waals surface area contributed by atoms with Crippen molar-refractivity contribution >= 4 is 45.5 Å². The predicted octanol–water partition coefficient (Wildman–Crippen LogP) is 4.01. The van der Waals surface area contributed by atoms with E-state index in [1.807, 2.05) is 17.9 Å². The van der Waals surface area contributed by atoms with Crippen LogP contribution in [0.15, 0.2) is 42.9 Å². The minimum Gasteiger partial charge on any atom is -0.339 e. The summed E-state index contributed by atoms with van der Waals surface area (Å²) in [6.45, 7) is 4.16. The lowest BCUT2D eigenvalue weighted by Gasteiger charge is -2.32. The van der Waals surface area contributed by atoms with Crippen molar-refractivity contribution < 1.29 is 14.4 Å². The van der Waals surface area contributed by atoms with Crippen molar-refractivity contribution in [3.05, 3.63) is 59.3 Å². The number of pyridine rings is 1. The molecule has 1 aromatic carbocycles. The first-order valence-corrected chi connectivity index (χ1v) is 12.0. The van der Waals surface area contributed by atoms with Crippen molar-refractivity contribution in [3.63, 3.8) is 0 Å². The Labute approximate surface area is 207 Å². The van der Waals surface area contributed by atoms with Crippen LogP contribution in [0, 0.1) is 12.8 Å². The molecule has 0 atom stereocenters. The van der Waals surface area contributed by atoms with Crippen LogP contribution in [0.5, 0.6) is 0 Å². The van der Waals surface area contributed by atoms with Crippen LogP contribution in [0.3, 0.4) is 0 Å². The summed E-state index contributed by atoms with van der Waals surface area (Å²) in [6, 6.07) is 7.28. The molecule has 0 bridgehead atoms. The average molecular weight is 495 g/mol. The highest BCUT2D eigenvalue weighted by Crippen LogP contribution is 2.31. The second-order valence-electron chi connectivity index (χ2n) is 9.12. The topological polar surface area (TPSA) is 85.5 Å². The van der Waals surface area contributed by atoms with Crippen LogP contribution in [0.2, 0.25) is 5.02 Å². The van der Waals surface area contributed by atoms with E-state index in [0.29, 0.717) is 40.5 Å². The molecule has 0 N–H and O–H groups in total. The molecule has 1 aliphatic heterocycles. The molecular formula is C25H27ClN6O3. The Morgan fingerprint density at radius 1 is 1.17 bits per heavy atom. The van der Waals surface area contributed by atoms with Gasteiger partial charge in [-0.1, -0.05) is 17.7 Å². The van der Waals surface area contributed by atoms with E-state index in [2.05, 4.69) is 14.5 Å². The standard InChI is InChI=1S/C25H27ClN6O3/c1-16-28-20-13-27-10-7-21(20)31(16)14-17-8-11-30(12-9-17)24(33)18-15-32(35-25(34)29(2)3)22-6-4-5-19(26)23(18)22/h4-7,10,13,15,17H,8-9,11-12,14H2,1-3H3. The quantitative estimate of drug-likeness (QED) is 0.428. The number of hydrogen-bond acceptors (Lipinski definition) is 5. The fraction of sp³-hybridized carbons (Fsp3) is 0.360. The summed E-state index contributed by atoms with van der Waals surface area (Å²) in [6.07, 6.45) is 6.37. The molecule has 4 aromatic rings. The Morgan fingerprint density at radius 2 is 1.94 bits per heavy atom. The van der Waals surface area contributed by atoms with Gasteiger partial charge < -0.3 is 19.2 Å². The van der Waals surface area contributed by atoms with E-state index < -0.39 is 6.09 Å². The molecule has 0 spiro atoms. The van der Waals surface area contributed by atoms with Crippen molar-refractivity contribution in [1.29, 1.82) is 0 Å². The number of aromatic nitrogens is 4. The van der Waals surface area contributed by atoms with Crippen molar-refractivity contribution in [3.8, 4) is 0 Å². The molecule has 2 amide bonds.